The number of carboxylic acids is 1. The van der Waals surface area contributed by atoms with E-state index in [1.807, 2.05) is 24.3 Å². The van der Waals surface area contributed by atoms with Crippen molar-refractivity contribution in [3.63, 3.8) is 0 Å². The topological polar surface area (TPSA) is 130 Å². The molecule has 0 unspecified atom stereocenters. The van der Waals surface area contributed by atoms with E-state index in [1.54, 1.807) is 51.3 Å². The van der Waals surface area contributed by atoms with Gasteiger partial charge in [0, 0.05) is 17.2 Å². The third kappa shape index (κ3) is 5.37. The standard InChI is InChI=1S/C34H27ClN2O8S/c1-5-44-33(41)28-17(2)36-34-37(30(28)29-22-15-20(42-3)9-6-18(22)8-12-26(29)43-4)31(38)27(46-34)16-21-10-13-25(45-21)19-7-11-24(35)23(14-19)32(39)40/h6-16,30H,5H2,1-4H3,(H,39,40)/b27-16-/t30-/m1/s1. The predicted molar refractivity (Wildman–Crippen MR) is 174 cm³/mol. The number of allylic oxidation sites excluding steroid dienone is 1. The first-order valence-corrected chi connectivity index (χ1v) is 15.3. The van der Waals surface area contributed by atoms with Gasteiger partial charge in [-0.2, -0.15) is 0 Å². The number of rotatable bonds is 8. The fourth-order valence-electron chi connectivity index (χ4n) is 5.51. The van der Waals surface area contributed by atoms with Gasteiger partial charge in [0.2, 0.25) is 0 Å². The molecule has 0 spiro atoms. The minimum atomic E-state index is -1.16. The molecule has 1 aliphatic rings. The number of methoxy groups -OCH3 is 2. The van der Waals surface area contributed by atoms with E-state index in [4.69, 9.17) is 30.2 Å². The van der Waals surface area contributed by atoms with E-state index in [0.717, 1.165) is 22.1 Å². The van der Waals surface area contributed by atoms with E-state index in [0.29, 0.717) is 49.2 Å². The summed E-state index contributed by atoms with van der Waals surface area (Å²) in [5.41, 5.74) is 1.27. The molecular weight excluding hydrogens is 632 g/mol. The van der Waals surface area contributed by atoms with E-state index >= 15 is 0 Å². The number of thiazole rings is 1. The van der Waals surface area contributed by atoms with Crippen molar-refractivity contribution in [1.29, 1.82) is 0 Å². The Labute approximate surface area is 271 Å². The first-order valence-electron chi connectivity index (χ1n) is 14.1. The lowest BCUT2D eigenvalue weighted by Gasteiger charge is -2.27. The molecule has 3 heterocycles. The van der Waals surface area contributed by atoms with Crippen molar-refractivity contribution in [3.8, 4) is 22.8 Å². The molecule has 46 heavy (non-hydrogen) atoms. The van der Waals surface area contributed by atoms with Crippen molar-refractivity contribution in [3.05, 3.63) is 114 Å². The highest BCUT2D eigenvalue weighted by Gasteiger charge is 2.36. The highest BCUT2D eigenvalue weighted by atomic mass is 35.5. The molecule has 0 bridgehead atoms. The second-order valence-electron chi connectivity index (χ2n) is 10.3. The third-order valence-electron chi connectivity index (χ3n) is 7.62. The summed E-state index contributed by atoms with van der Waals surface area (Å²) in [6.07, 6.45) is 1.59. The maximum atomic E-state index is 14.2. The van der Waals surface area contributed by atoms with Crippen LogP contribution in [0.15, 0.2) is 86.1 Å². The van der Waals surface area contributed by atoms with Crippen LogP contribution in [-0.4, -0.2) is 42.4 Å². The maximum Gasteiger partial charge on any atom is 0.338 e. The number of carboxylic acid groups (broad SMARTS) is 1. The van der Waals surface area contributed by atoms with Crippen LogP contribution >= 0.6 is 22.9 Å². The van der Waals surface area contributed by atoms with Crippen molar-refractivity contribution in [2.45, 2.75) is 19.9 Å². The Morgan fingerprint density at radius 3 is 2.59 bits per heavy atom. The van der Waals surface area contributed by atoms with Crippen LogP contribution in [0.5, 0.6) is 11.5 Å². The SMILES string of the molecule is CCOC(=O)C1=C(C)N=c2s/c(=C\c3ccc(-c4ccc(Cl)c(C(=O)O)c4)o3)c(=O)n2[C@H]1c1c(OC)ccc2ccc(OC)cc12. The molecule has 10 nitrogen and oxygen atoms in total. The van der Waals surface area contributed by atoms with Gasteiger partial charge in [0.15, 0.2) is 4.80 Å². The molecule has 0 radical (unpaired) electrons. The predicted octanol–water partition coefficient (Wildman–Crippen LogP) is 5.58. The molecule has 234 valence electrons. The highest BCUT2D eigenvalue weighted by molar-refractivity contribution is 7.07. The Kier molecular flexibility index (Phi) is 8.28. The number of ether oxygens (including phenoxy) is 3. The Morgan fingerprint density at radius 1 is 1.09 bits per heavy atom. The molecule has 2 aromatic heterocycles. The summed E-state index contributed by atoms with van der Waals surface area (Å²) in [4.78, 5) is 44.4. The largest absolute Gasteiger partial charge is 0.497 e. The van der Waals surface area contributed by atoms with Gasteiger partial charge in [0.1, 0.15) is 29.1 Å². The molecule has 6 rings (SSSR count). The lowest BCUT2D eigenvalue weighted by Crippen LogP contribution is -2.40. The Hall–Kier alpha value is -5.13. The van der Waals surface area contributed by atoms with Gasteiger partial charge in [-0.1, -0.05) is 35.1 Å². The number of carbonyl (C=O) groups is 2. The van der Waals surface area contributed by atoms with Crippen LogP contribution in [0, 0.1) is 0 Å². The molecule has 0 saturated heterocycles. The molecular formula is C34H27ClN2O8S. The molecule has 0 saturated carbocycles. The van der Waals surface area contributed by atoms with Crippen LogP contribution in [0.4, 0.5) is 0 Å². The van der Waals surface area contributed by atoms with Gasteiger partial charge in [-0.3, -0.25) is 9.36 Å². The van der Waals surface area contributed by atoms with Crippen LogP contribution in [-0.2, 0) is 9.53 Å². The number of fused-ring (bicyclic) bond motifs is 2. The highest BCUT2D eigenvalue weighted by Crippen LogP contribution is 2.41. The molecule has 12 heteroatoms. The summed E-state index contributed by atoms with van der Waals surface area (Å²) >= 11 is 7.18. The first-order chi connectivity index (χ1) is 22.1. The summed E-state index contributed by atoms with van der Waals surface area (Å²) in [6, 6.07) is 16.3. The zero-order chi connectivity index (χ0) is 32.7. The fourth-order valence-corrected chi connectivity index (χ4v) is 6.74. The van der Waals surface area contributed by atoms with Crippen molar-refractivity contribution < 1.29 is 33.3 Å². The number of nitrogens with zero attached hydrogens (tertiary/aromatic N) is 2. The van der Waals surface area contributed by atoms with E-state index in [-0.39, 0.29) is 22.8 Å². The minimum Gasteiger partial charge on any atom is -0.497 e. The van der Waals surface area contributed by atoms with Crippen molar-refractivity contribution in [2.75, 3.05) is 20.8 Å². The van der Waals surface area contributed by atoms with Crippen LogP contribution in [0.2, 0.25) is 5.02 Å². The molecule has 5 aromatic rings. The van der Waals surface area contributed by atoms with Crippen molar-refractivity contribution in [1.82, 2.24) is 4.57 Å². The number of hydrogen-bond acceptors (Lipinski definition) is 9. The lowest BCUT2D eigenvalue weighted by atomic mass is 9.90. The second kappa shape index (κ2) is 12.3. The average Bonchev–Trinajstić information content (AvgIpc) is 3.63. The second-order valence-corrected chi connectivity index (χ2v) is 11.7. The maximum absolute atomic E-state index is 14.2. The number of carbonyl (C=O) groups excluding carboxylic acids is 1. The zero-order valence-corrected chi connectivity index (χ0v) is 26.7. The minimum absolute atomic E-state index is 0.0558. The van der Waals surface area contributed by atoms with E-state index in [1.165, 1.54) is 23.8 Å². The molecule has 0 aliphatic carbocycles. The first kappa shape index (κ1) is 30.9. The monoisotopic (exact) mass is 658 g/mol. The molecule has 0 fully saturated rings. The Bertz CT molecular complexity index is 2260. The van der Waals surface area contributed by atoms with E-state index < -0.39 is 23.5 Å². The van der Waals surface area contributed by atoms with E-state index in [9.17, 15) is 19.5 Å². The van der Waals surface area contributed by atoms with Gasteiger partial charge < -0.3 is 23.7 Å². The van der Waals surface area contributed by atoms with E-state index in [2.05, 4.69) is 4.99 Å². The number of furan rings is 1. The van der Waals surface area contributed by atoms with Crippen molar-refractivity contribution >= 4 is 51.7 Å². The van der Waals surface area contributed by atoms with Crippen LogP contribution in [0.3, 0.4) is 0 Å². The molecule has 1 aliphatic heterocycles. The fraction of sp³-hybridized carbons (Fsp3) is 0.176. The van der Waals surface area contributed by atoms with Gasteiger partial charge in [-0.15, -0.1) is 0 Å². The molecule has 0 amide bonds. The summed E-state index contributed by atoms with van der Waals surface area (Å²) in [7, 11) is 3.10. The lowest BCUT2D eigenvalue weighted by molar-refractivity contribution is -0.139. The molecule has 1 N–H and O–H groups in total. The van der Waals surface area contributed by atoms with Crippen LogP contribution in [0.1, 0.15) is 41.6 Å². The van der Waals surface area contributed by atoms with Gasteiger partial charge in [-0.25, -0.2) is 14.6 Å². The number of halogens is 1. The smallest absolute Gasteiger partial charge is 0.338 e. The number of hydrogen-bond donors (Lipinski definition) is 1. The number of aromatic carboxylic acids is 1. The van der Waals surface area contributed by atoms with Gasteiger partial charge in [-0.05, 0) is 73.2 Å². The number of benzene rings is 3. The van der Waals surface area contributed by atoms with Gasteiger partial charge >= 0.3 is 11.9 Å². The Morgan fingerprint density at radius 2 is 1.87 bits per heavy atom. The Balaban J connectivity index is 1.56. The number of esters is 1. The van der Waals surface area contributed by atoms with Crippen molar-refractivity contribution in [2.24, 2.45) is 4.99 Å². The summed E-state index contributed by atoms with van der Waals surface area (Å²) in [5, 5.41) is 11.2. The molecule has 3 aromatic carbocycles. The van der Waals surface area contributed by atoms with Crippen LogP contribution < -0.4 is 24.4 Å². The zero-order valence-electron chi connectivity index (χ0n) is 25.1. The normalized spacial score (nSPS) is 14.6. The summed E-state index contributed by atoms with van der Waals surface area (Å²) in [5.74, 6) is 0.0644. The third-order valence-corrected chi connectivity index (χ3v) is 8.93. The summed E-state index contributed by atoms with van der Waals surface area (Å²) in [6.45, 7) is 3.56. The van der Waals surface area contributed by atoms with Gasteiger partial charge in [0.25, 0.3) is 5.56 Å². The summed E-state index contributed by atoms with van der Waals surface area (Å²) < 4.78 is 24.6. The number of aromatic nitrogens is 1. The quantitative estimate of drug-likeness (QED) is 0.214. The van der Waals surface area contributed by atoms with Gasteiger partial charge in [0.05, 0.1) is 47.2 Å². The molecule has 1 atom stereocenters. The average molecular weight is 659 g/mol. The van der Waals surface area contributed by atoms with Crippen LogP contribution in [0.25, 0.3) is 28.2 Å².